The summed E-state index contributed by atoms with van der Waals surface area (Å²) in [6.45, 7) is 8.28. The van der Waals surface area contributed by atoms with E-state index >= 15 is 0 Å². The normalized spacial score (nSPS) is 16.2. The molecule has 34 heavy (non-hydrogen) atoms. The summed E-state index contributed by atoms with van der Waals surface area (Å²) in [7, 11) is 0. The Morgan fingerprint density at radius 2 is 1.88 bits per heavy atom. The second-order valence-electron chi connectivity index (χ2n) is 9.47. The number of hydrogen-bond acceptors (Lipinski definition) is 3. The Labute approximate surface area is 208 Å². The average Bonchev–Trinajstić information content (AvgIpc) is 3.12. The van der Waals surface area contributed by atoms with E-state index < -0.39 is 0 Å². The van der Waals surface area contributed by atoms with Crippen LogP contribution in [-0.4, -0.2) is 58.6 Å². The fourth-order valence-electron chi connectivity index (χ4n) is 4.41. The van der Waals surface area contributed by atoms with Gasteiger partial charge in [0.15, 0.2) is 11.1 Å². The van der Waals surface area contributed by atoms with Crippen molar-refractivity contribution in [3.05, 3.63) is 71.5 Å². The number of hydrogen-bond donors (Lipinski definition) is 3. The van der Waals surface area contributed by atoms with Crippen LogP contribution in [0.25, 0.3) is 0 Å². The van der Waals surface area contributed by atoms with Gasteiger partial charge in [-0.1, -0.05) is 42.5 Å². The summed E-state index contributed by atoms with van der Waals surface area (Å²) in [6.07, 6.45) is 2.55. The molecule has 6 nitrogen and oxygen atoms in total. The molecule has 1 saturated heterocycles. The predicted molar refractivity (Wildman–Crippen MR) is 142 cm³/mol. The van der Waals surface area contributed by atoms with Crippen LogP contribution in [0.2, 0.25) is 0 Å². The summed E-state index contributed by atoms with van der Waals surface area (Å²) in [5, 5.41) is 4.45. The topological polar surface area (TPSA) is 82.9 Å². The molecule has 1 atom stereocenters. The van der Waals surface area contributed by atoms with Crippen LogP contribution < -0.4 is 16.8 Å². The quantitative estimate of drug-likeness (QED) is 0.186. The number of nitrogens with two attached hydrogens (primary N) is 2. The van der Waals surface area contributed by atoms with E-state index in [0.29, 0.717) is 6.54 Å². The van der Waals surface area contributed by atoms with Gasteiger partial charge in [0.2, 0.25) is 0 Å². The molecular formula is C26H37FN6S. The van der Waals surface area contributed by atoms with E-state index in [9.17, 15) is 4.39 Å². The maximum atomic E-state index is 13.7. The lowest BCUT2D eigenvalue weighted by atomic mass is 10.0. The summed E-state index contributed by atoms with van der Waals surface area (Å²) in [6, 6.07) is 17.5. The zero-order valence-electron chi connectivity index (χ0n) is 20.2. The maximum absolute atomic E-state index is 13.7. The molecule has 1 fully saturated rings. The van der Waals surface area contributed by atoms with Crippen LogP contribution in [0.3, 0.4) is 0 Å². The van der Waals surface area contributed by atoms with E-state index in [-0.39, 0.29) is 23.4 Å². The molecule has 0 aromatic heterocycles. The summed E-state index contributed by atoms with van der Waals surface area (Å²) in [4.78, 5) is 8.76. The van der Waals surface area contributed by atoms with E-state index in [2.05, 4.69) is 58.2 Å². The standard InChI is InChI=1S/C26H37FN6S/c1-26(2,19-30-17-21-8-4-3-5-9-21)33-18-23(12-7-14-31-24(28)29)32(25(33)34)15-13-20-10-6-11-22(27)16-20/h3-6,8-11,16,23,30H,7,12-15,17-19H2,1-2H3,(H4,28,29,31). The van der Waals surface area contributed by atoms with Crippen LogP contribution in [0.4, 0.5) is 4.39 Å². The molecule has 184 valence electrons. The van der Waals surface area contributed by atoms with Gasteiger partial charge in [0.1, 0.15) is 5.82 Å². The number of thiocarbonyl (C=S) groups is 1. The highest BCUT2D eigenvalue weighted by Crippen LogP contribution is 2.28. The van der Waals surface area contributed by atoms with Gasteiger partial charge in [0.05, 0.1) is 0 Å². The van der Waals surface area contributed by atoms with Gasteiger partial charge in [0, 0.05) is 44.3 Å². The Balaban J connectivity index is 1.65. The third kappa shape index (κ3) is 7.40. The Morgan fingerprint density at radius 3 is 2.59 bits per heavy atom. The van der Waals surface area contributed by atoms with E-state index in [1.807, 2.05) is 12.1 Å². The van der Waals surface area contributed by atoms with Gasteiger partial charge in [-0.3, -0.25) is 4.99 Å². The first-order valence-electron chi connectivity index (χ1n) is 11.9. The second-order valence-corrected chi connectivity index (χ2v) is 9.84. The molecular weight excluding hydrogens is 447 g/mol. The van der Waals surface area contributed by atoms with Crippen molar-refractivity contribution >= 4 is 23.3 Å². The van der Waals surface area contributed by atoms with Crippen LogP contribution in [0.15, 0.2) is 59.6 Å². The Bertz CT molecular complexity index is 961. The van der Waals surface area contributed by atoms with Gasteiger partial charge in [-0.15, -0.1) is 0 Å². The summed E-state index contributed by atoms with van der Waals surface area (Å²) < 4.78 is 13.7. The lowest BCUT2D eigenvalue weighted by molar-refractivity contribution is 0.217. The van der Waals surface area contributed by atoms with Crippen molar-refractivity contribution in [1.29, 1.82) is 0 Å². The van der Waals surface area contributed by atoms with Crippen molar-refractivity contribution in [3.8, 4) is 0 Å². The van der Waals surface area contributed by atoms with Crippen molar-refractivity contribution in [2.45, 2.75) is 51.2 Å². The molecule has 1 unspecified atom stereocenters. The minimum atomic E-state index is -0.206. The number of rotatable bonds is 12. The van der Waals surface area contributed by atoms with Crippen molar-refractivity contribution in [3.63, 3.8) is 0 Å². The highest BCUT2D eigenvalue weighted by atomic mass is 32.1. The van der Waals surface area contributed by atoms with Gasteiger partial charge >= 0.3 is 0 Å². The largest absolute Gasteiger partial charge is 0.370 e. The molecule has 0 amide bonds. The second kappa shape index (κ2) is 12.1. The first-order chi connectivity index (χ1) is 16.3. The number of nitrogens with one attached hydrogen (secondary N) is 1. The van der Waals surface area contributed by atoms with Gasteiger partial charge in [-0.05, 0) is 68.6 Å². The van der Waals surface area contributed by atoms with Crippen molar-refractivity contribution in [2.24, 2.45) is 16.5 Å². The van der Waals surface area contributed by atoms with Gasteiger partial charge in [-0.25, -0.2) is 4.39 Å². The third-order valence-corrected chi connectivity index (χ3v) is 6.75. The monoisotopic (exact) mass is 484 g/mol. The van der Waals surface area contributed by atoms with Gasteiger partial charge in [0.25, 0.3) is 0 Å². The smallest absolute Gasteiger partial charge is 0.185 e. The number of aliphatic imine (C=N–C) groups is 1. The van der Waals surface area contributed by atoms with Gasteiger partial charge < -0.3 is 26.6 Å². The van der Waals surface area contributed by atoms with Crippen LogP contribution in [-0.2, 0) is 13.0 Å². The first-order valence-corrected chi connectivity index (χ1v) is 12.3. The van der Waals surface area contributed by atoms with Crippen molar-refractivity contribution < 1.29 is 4.39 Å². The molecule has 0 radical (unpaired) electrons. The zero-order valence-corrected chi connectivity index (χ0v) is 21.0. The molecule has 1 aliphatic rings. The molecule has 2 aromatic rings. The van der Waals surface area contributed by atoms with Gasteiger partial charge in [-0.2, -0.15) is 0 Å². The average molecular weight is 485 g/mol. The number of nitrogens with zero attached hydrogens (tertiary/aromatic N) is 3. The molecule has 1 heterocycles. The lowest BCUT2D eigenvalue weighted by Gasteiger charge is -2.37. The molecule has 0 aliphatic carbocycles. The molecule has 0 spiro atoms. The molecule has 1 aliphatic heterocycles. The Hall–Kier alpha value is -2.71. The number of benzene rings is 2. The predicted octanol–water partition coefficient (Wildman–Crippen LogP) is 3.26. The third-order valence-electron chi connectivity index (χ3n) is 6.29. The lowest BCUT2D eigenvalue weighted by Crippen LogP contribution is -2.52. The first kappa shape index (κ1) is 25.9. The van der Waals surface area contributed by atoms with Crippen LogP contribution >= 0.6 is 12.2 Å². The summed E-state index contributed by atoms with van der Waals surface area (Å²) in [5.74, 6) is -0.0836. The van der Waals surface area contributed by atoms with E-state index in [4.69, 9.17) is 23.7 Å². The molecule has 0 bridgehead atoms. The number of halogens is 1. The minimum Gasteiger partial charge on any atom is -0.370 e. The van der Waals surface area contributed by atoms with E-state index in [1.165, 1.54) is 11.6 Å². The van der Waals surface area contributed by atoms with Crippen molar-refractivity contribution in [1.82, 2.24) is 15.1 Å². The fraction of sp³-hybridized carbons (Fsp3) is 0.462. The highest BCUT2D eigenvalue weighted by molar-refractivity contribution is 7.80. The van der Waals surface area contributed by atoms with E-state index in [1.54, 1.807) is 12.1 Å². The van der Waals surface area contributed by atoms with Crippen LogP contribution in [0.1, 0.15) is 37.8 Å². The minimum absolute atomic E-state index is 0.122. The number of guanidine groups is 1. The molecule has 8 heteroatoms. The summed E-state index contributed by atoms with van der Waals surface area (Å²) >= 11 is 5.98. The summed E-state index contributed by atoms with van der Waals surface area (Å²) in [5.41, 5.74) is 13.0. The zero-order chi connectivity index (χ0) is 24.6. The van der Waals surface area contributed by atoms with Crippen molar-refractivity contribution in [2.75, 3.05) is 26.2 Å². The fourth-order valence-corrected chi connectivity index (χ4v) is 4.97. The van der Waals surface area contributed by atoms with Crippen LogP contribution in [0.5, 0.6) is 0 Å². The molecule has 5 N–H and O–H groups in total. The van der Waals surface area contributed by atoms with Crippen LogP contribution in [0, 0.1) is 5.82 Å². The Morgan fingerprint density at radius 1 is 1.15 bits per heavy atom. The SMILES string of the molecule is CC(C)(CNCc1ccccc1)N1CC(CCCN=C(N)N)N(CCc2cccc(F)c2)C1=S. The Kier molecular flexibility index (Phi) is 9.24. The molecule has 3 rings (SSSR count). The maximum Gasteiger partial charge on any atom is 0.185 e. The highest BCUT2D eigenvalue weighted by Gasteiger charge is 2.40. The van der Waals surface area contributed by atoms with E-state index in [0.717, 1.165) is 56.1 Å². The molecule has 2 aromatic carbocycles. The molecule has 0 saturated carbocycles.